The summed E-state index contributed by atoms with van der Waals surface area (Å²) in [5.41, 5.74) is 6.31. The first-order chi connectivity index (χ1) is 18.5. The van der Waals surface area contributed by atoms with E-state index in [0.29, 0.717) is 32.7 Å². The second-order valence-corrected chi connectivity index (χ2v) is 10.3. The fraction of sp³-hybridized carbons (Fsp3) is 0.290. The Morgan fingerprint density at radius 3 is 2.68 bits per heavy atom. The molecule has 0 saturated carbocycles. The average molecular weight is 509 g/mol. The average Bonchev–Trinajstić information content (AvgIpc) is 3.53. The zero-order valence-corrected chi connectivity index (χ0v) is 21.5. The van der Waals surface area contributed by atoms with Gasteiger partial charge in [0.1, 0.15) is 6.04 Å². The van der Waals surface area contributed by atoms with Crippen LogP contribution in [0.2, 0.25) is 0 Å². The minimum absolute atomic E-state index is 0.0282. The van der Waals surface area contributed by atoms with Crippen molar-refractivity contribution in [2.24, 2.45) is 0 Å². The SMILES string of the molecule is Cc1cccc(NC(=O)N2CC(OCc3ccccc3)CC2C(=O)N2CCc3c([nH]c4ccccc34)C2)c1. The molecule has 38 heavy (non-hydrogen) atoms. The summed E-state index contributed by atoms with van der Waals surface area (Å²) in [5.74, 6) is -0.0282. The highest BCUT2D eigenvalue weighted by Crippen LogP contribution is 2.30. The molecule has 3 heterocycles. The van der Waals surface area contributed by atoms with Gasteiger partial charge in [-0.15, -0.1) is 0 Å². The van der Waals surface area contributed by atoms with Gasteiger partial charge in [-0.3, -0.25) is 4.79 Å². The van der Waals surface area contributed by atoms with Crippen molar-refractivity contribution in [1.29, 1.82) is 0 Å². The first-order valence-electron chi connectivity index (χ1n) is 13.2. The summed E-state index contributed by atoms with van der Waals surface area (Å²) in [6.45, 7) is 3.95. The van der Waals surface area contributed by atoms with Crippen molar-refractivity contribution in [3.63, 3.8) is 0 Å². The number of fused-ring (bicyclic) bond motifs is 3. The van der Waals surface area contributed by atoms with Crippen LogP contribution in [0.4, 0.5) is 10.5 Å². The molecule has 2 aliphatic heterocycles. The minimum Gasteiger partial charge on any atom is -0.372 e. The molecule has 2 N–H and O–H groups in total. The van der Waals surface area contributed by atoms with E-state index in [0.717, 1.165) is 34.4 Å². The molecule has 2 unspecified atom stereocenters. The molecule has 0 radical (unpaired) electrons. The Hall–Kier alpha value is -4.10. The van der Waals surface area contributed by atoms with Gasteiger partial charge in [-0.05, 0) is 48.2 Å². The second kappa shape index (κ2) is 10.3. The van der Waals surface area contributed by atoms with Crippen molar-refractivity contribution in [3.05, 3.63) is 101 Å². The van der Waals surface area contributed by atoms with Gasteiger partial charge in [-0.1, -0.05) is 60.7 Å². The summed E-state index contributed by atoms with van der Waals surface area (Å²) >= 11 is 0. The fourth-order valence-electron chi connectivity index (χ4n) is 5.68. The number of nitrogens with zero attached hydrogens (tertiary/aromatic N) is 2. The van der Waals surface area contributed by atoms with Gasteiger partial charge in [0.15, 0.2) is 0 Å². The Labute approximate surface area is 222 Å². The van der Waals surface area contributed by atoms with Crippen LogP contribution in [0.3, 0.4) is 0 Å². The van der Waals surface area contributed by atoms with Crippen molar-refractivity contribution in [3.8, 4) is 0 Å². The third-order valence-electron chi connectivity index (χ3n) is 7.60. The Balaban J connectivity index is 1.20. The molecule has 7 heteroatoms. The summed E-state index contributed by atoms with van der Waals surface area (Å²) in [5, 5.41) is 4.22. The summed E-state index contributed by atoms with van der Waals surface area (Å²) in [4.78, 5) is 34.4. The summed E-state index contributed by atoms with van der Waals surface area (Å²) in [6, 6.07) is 25.1. The van der Waals surface area contributed by atoms with Crippen LogP contribution >= 0.6 is 0 Å². The van der Waals surface area contributed by atoms with E-state index in [1.807, 2.05) is 78.6 Å². The molecule has 1 aromatic heterocycles. The normalized spacial score (nSPS) is 19.0. The number of rotatable bonds is 5. The van der Waals surface area contributed by atoms with Gasteiger partial charge in [-0.25, -0.2) is 4.79 Å². The van der Waals surface area contributed by atoms with Crippen LogP contribution < -0.4 is 5.32 Å². The van der Waals surface area contributed by atoms with Crippen LogP contribution in [0.5, 0.6) is 0 Å². The number of urea groups is 1. The lowest BCUT2D eigenvalue weighted by Crippen LogP contribution is -2.50. The zero-order valence-electron chi connectivity index (χ0n) is 21.5. The molecule has 1 fully saturated rings. The molecule has 3 amide bonds. The van der Waals surface area contributed by atoms with E-state index in [2.05, 4.69) is 22.4 Å². The van der Waals surface area contributed by atoms with Gasteiger partial charge in [0.05, 0.1) is 19.3 Å². The summed E-state index contributed by atoms with van der Waals surface area (Å²) < 4.78 is 6.20. The van der Waals surface area contributed by atoms with E-state index >= 15 is 0 Å². The molecule has 2 aliphatic rings. The topological polar surface area (TPSA) is 77.7 Å². The number of hydrogen-bond donors (Lipinski definition) is 2. The number of benzene rings is 3. The molecular weight excluding hydrogens is 476 g/mol. The van der Waals surface area contributed by atoms with Gasteiger partial charge in [0.2, 0.25) is 5.91 Å². The summed E-state index contributed by atoms with van der Waals surface area (Å²) in [6.07, 6.45) is 1.05. The highest BCUT2D eigenvalue weighted by molar-refractivity contribution is 5.94. The number of carbonyl (C=O) groups is 2. The molecule has 0 aliphatic carbocycles. The minimum atomic E-state index is -0.577. The molecule has 0 spiro atoms. The van der Waals surface area contributed by atoms with Crippen molar-refractivity contribution in [2.45, 2.75) is 45.1 Å². The van der Waals surface area contributed by atoms with Crippen LogP contribution in [-0.4, -0.2) is 52.0 Å². The number of anilines is 1. The van der Waals surface area contributed by atoms with E-state index in [4.69, 9.17) is 4.74 Å². The van der Waals surface area contributed by atoms with Crippen molar-refractivity contribution in [1.82, 2.24) is 14.8 Å². The van der Waals surface area contributed by atoms with E-state index in [1.165, 1.54) is 10.9 Å². The Kier molecular flexibility index (Phi) is 6.60. The number of carbonyl (C=O) groups excluding carboxylic acids is 2. The fourth-order valence-corrected chi connectivity index (χ4v) is 5.68. The quantitative estimate of drug-likeness (QED) is 0.386. The number of nitrogens with one attached hydrogen (secondary N) is 2. The molecule has 2 atom stereocenters. The Bertz CT molecular complexity index is 1460. The van der Waals surface area contributed by atoms with Crippen LogP contribution in [0.15, 0.2) is 78.9 Å². The maximum atomic E-state index is 13.9. The van der Waals surface area contributed by atoms with Gasteiger partial charge in [-0.2, -0.15) is 0 Å². The van der Waals surface area contributed by atoms with Crippen molar-refractivity contribution < 1.29 is 14.3 Å². The maximum Gasteiger partial charge on any atom is 0.322 e. The van der Waals surface area contributed by atoms with Gasteiger partial charge < -0.3 is 24.8 Å². The molecule has 7 nitrogen and oxygen atoms in total. The first kappa shape index (κ1) is 24.2. The Morgan fingerprint density at radius 2 is 1.84 bits per heavy atom. The summed E-state index contributed by atoms with van der Waals surface area (Å²) in [7, 11) is 0. The number of H-pyrrole nitrogens is 1. The molecule has 4 aromatic rings. The molecule has 6 rings (SSSR count). The lowest BCUT2D eigenvalue weighted by atomic mass is 10.0. The zero-order chi connectivity index (χ0) is 26.1. The number of ether oxygens (including phenoxy) is 1. The van der Waals surface area contributed by atoms with Gasteiger partial charge in [0.25, 0.3) is 0 Å². The molecule has 0 bridgehead atoms. The van der Waals surface area contributed by atoms with E-state index in [1.54, 1.807) is 4.90 Å². The van der Waals surface area contributed by atoms with Crippen LogP contribution in [-0.2, 0) is 29.1 Å². The number of para-hydroxylation sites is 1. The van der Waals surface area contributed by atoms with Crippen molar-refractivity contribution in [2.75, 3.05) is 18.4 Å². The van der Waals surface area contributed by atoms with Gasteiger partial charge >= 0.3 is 6.03 Å². The third kappa shape index (κ3) is 4.89. The smallest absolute Gasteiger partial charge is 0.322 e. The molecule has 1 saturated heterocycles. The third-order valence-corrected chi connectivity index (χ3v) is 7.60. The van der Waals surface area contributed by atoms with E-state index in [9.17, 15) is 9.59 Å². The first-order valence-corrected chi connectivity index (χ1v) is 13.2. The number of amides is 3. The number of likely N-dealkylation sites (tertiary alicyclic amines) is 1. The number of aromatic nitrogens is 1. The highest BCUT2D eigenvalue weighted by atomic mass is 16.5. The number of aromatic amines is 1. The highest BCUT2D eigenvalue weighted by Gasteiger charge is 2.42. The predicted molar refractivity (Wildman–Crippen MR) is 148 cm³/mol. The van der Waals surface area contributed by atoms with Crippen LogP contribution in [0.1, 0.15) is 28.8 Å². The standard InChI is InChI=1S/C31H32N4O3/c1-21-8-7-11-23(16-21)32-31(37)35-18-24(38-20-22-9-3-2-4-10-22)17-29(35)30(36)34-15-14-26-25-12-5-6-13-27(25)33-28(26)19-34/h2-13,16,24,29,33H,14-15,17-20H2,1H3,(H,32,37). The van der Waals surface area contributed by atoms with Gasteiger partial charge in [0, 0.05) is 41.8 Å². The lowest BCUT2D eigenvalue weighted by Gasteiger charge is -2.32. The van der Waals surface area contributed by atoms with E-state index < -0.39 is 6.04 Å². The maximum absolute atomic E-state index is 13.9. The number of hydrogen-bond acceptors (Lipinski definition) is 3. The van der Waals surface area contributed by atoms with Crippen LogP contribution in [0, 0.1) is 6.92 Å². The lowest BCUT2D eigenvalue weighted by molar-refractivity contribution is -0.136. The van der Waals surface area contributed by atoms with Crippen molar-refractivity contribution >= 4 is 28.5 Å². The largest absolute Gasteiger partial charge is 0.372 e. The molecular formula is C31H32N4O3. The number of aryl methyl sites for hydroxylation is 1. The molecule has 3 aromatic carbocycles. The van der Waals surface area contributed by atoms with Crippen LogP contribution in [0.25, 0.3) is 10.9 Å². The monoisotopic (exact) mass is 508 g/mol. The Morgan fingerprint density at radius 1 is 1.03 bits per heavy atom. The molecule has 194 valence electrons. The second-order valence-electron chi connectivity index (χ2n) is 10.3. The predicted octanol–water partition coefficient (Wildman–Crippen LogP) is 5.25. The van der Waals surface area contributed by atoms with E-state index in [-0.39, 0.29) is 18.0 Å².